The van der Waals surface area contributed by atoms with Gasteiger partial charge in [-0.05, 0) is 35.1 Å². The molecular weight excluding hydrogens is 352 g/mol. The van der Waals surface area contributed by atoms with Crippen LogP contribution in [0.2, 0.25) is 0 Å². The van der Waals surface area contributed by atoms with E-state index in [1.807, 2.05) is 23.2 Å². The fourth-order valence-corrected chi connectivity index (χ4v) is 4.49. The standard InChI is InChI=1S/C22H22N4O2/c27-22(26-12-5-6-16(26)14-25-13-11-23-24-25)28-15-21-19-9-3-1-7-17(19)18-8-2-4-10-20(18)21/h1-4,7-11,13,16,21H,5-6,12,14-15H2/t16-/m0/s1. The van der Waals surface area contributed by atoms with Crippen LogP contribution in [0.4, 0.5) is 4.79 Å². The summed E-state index contributed by atoms with van der Waals surface area (Å²) in [4.78, 5) is 14.7. The molecule has 0 N–H and O–H groups in total. The largest absolute Gasteiger partial charge is 0.448 e. The molecule has 1 aromatic heterocycles. The van der Waals surface area contributed by atoms with Crippen molar-refractivity contribution < 1.29 is 9.53 Å². The molecule has 1 amide bonds. The zero-order chi connectivity index (χ0) is 18.9. The second-order valence-corrected chi connectivity index (χ2v) is 7.42. The van der Waals surface area contributed by atoms with Gasteiger partial charge in [0.2, 0.25) is 0 Å². The van der Waals surface area contributed by atoms with Gasteiger partial charge in [-0.2, -0.15) is 0 Å². The number of carbonyl (C=O) groups is 1. The smallest absolute Gasteiger partial charge is 0.410 e. The van der Waals surface area contributed by atoms with Gasteiger partial charge in [0, 0.05) is 18.7 Å². The van der Waals surface area contributed by atoms with Crippen LogP contribution in [0.15, 0.2) is 60.9 Å². The lowest BCUT2D eigenvalue weighted by atomic mass is 9.98. The zero-order valence-electron chi connectivity index (χ0n) is 15.6. The number of hydrogen-bond acceptors (Lipinski definition) is 4. The van der Waals surface area contributed by atoms with Crippen LogP contribution >= 0.6 is 0 Å². The second kappa shape index (κ2) is 7.11. The normalized spacial score (nSPS) is 18.1. The summed E-state index contributed by atoms with van der Waals surface area (Å²) < 4.78 is 7.59. The minimum absolute atomic E-state index is 0.0905. The number of fused-ring (bicyclic) bond motifs is 3. The molecule has 0 radical (unpaired) electrons. The SMILES string of the molecule is O=C(OCC1c2ccccc2-c2ccccc21)N1CCC[C@H]1Cn1ccnn1. The van der Waals surface area contributed by atoms with E-state index in [1.54, 1.807) is 10.9 Å². The summed E-state index contributed by atoms with van der Waals surface area (Å²) in [5, 5.41) is 7.86. The predicted molar refractivity (Wildman–Crippen MR) is 105 cm³/mol. The van der Waals surface area contributed by atoms with E-state index in [0.717, 1.165) is 19.4 Å². The van der Waals surface area contributed by atoms with Crippen molar-refractivity contribution in [2.45, 2.75) is 31.3 Å². The molecule has 5 rings (SSSR count). The van der Waals surface area contributed by atoms with Crippen molar-refractivity contribution in [3.05, 3.63) is 72.1 Å². The molecule has 6 heteroatoms. The lowest BCUT2D eigenvalue weighted by Crippen LogP contribution is -2.39. The van der Waals surface area contributed by atoms with Gasteiger partial charge >= 0.3 is 6.09 Å². The molecule has 1 aliphatic carbocycles. The van der Waals surface area contributed by atoms with Gasteiger partial charge in [-0.25, -0.2) is 4.79 Å². The van der Waals surface area contributed by atoms with Gasteiger partial charge in [0.15, 0.2) is 0 Å². The highest BCUT2D eigenvalue weighted by molar-refractivity contribution is 5.79. The Bertz CT molecular complexity index is 940. The Hall–Kier alpha value is -3.15. The molecule has 2 aliphatic rings. The molecule has 1 atom stereocenters. The molecule has 142 valence electrons. The number of benzene rings is 2. The quantitative estimate of drug-likeness (QED) is 0.699. The van der Waals surface area contributed by atoms with Crippen molar-refractivity contribution in [3.8, 4) is 11.1 Å². The van der Waals surface area contributed by atoms with Gasteiger partial charge in [0.1, 0.15) is 6.61 Å². The van der Waals surface area contributed by atoms with Gasteiger partial charge in [0.25, 0.3) is 0 Å². The third-order valence-corrected chi connectivity index (χ3v) is 5.82. The molecule has 0 unspecified atom stereocenters. The molecule has 1 saturated heterocycles. The first kappa shape index (κ1) is 17.0. The molecule has 1 aliphatic heterocycles. The molecule has 0 bridgehead atoms. The summed E-state index contributed by atoms with van der Waals surface area (Å²) >= 11 is 0. The van der Waals surface area contributed by atoms with E-state index in [1.165, 1.54) is 22.3 Å². The van der Waals surface area contributed by atoms with E-state index in [0.29, 0.717) is 13.2 Å². The number of ether oxygens (including phenoxy) is 1. The molecule has 6 nitrogen and oxygen atoms in total. The first-order chi connectivity index (χ1) is 13.8. The third-order valence-electron chi connectivity index (χ3n) is 5.82. The third kappa shape index (κ3) is 2.95. The van der Waals surface area contributed by atoms with E-state index < -0.39 is 0 Å². The topological polar surface area (TPSA) is 60.2 Å². The number of aromatic nitrogens is 3. The molecule has 28 heavy (non-hydrogen) atoms. The fourth-order valence-electron chi connectivity index (χ4n) is 4.49. The molecule has 2 aromatic carbocycles. The monoisotopic (exact) mass is 374 g/mol. The summed E-state index contributed by atoms with van der Waals surface area (Å²) in [6.45, 7) is 1.75. The highest BCUT2D eigenvalue weighted by Gasteiger charge is 2.33. The van der Waals surface area contributed by atoms with Crippen molar-refractivity contribution in [1.29, 1.82) is 0 Å². The maximum Gasteiger partial charge on any atom is 0.410 e. The Kier molecular flexibility index (Phi) is 4.31. The minimum atomic E-state index is -0.232. The van der Waals surface area contributed by atoms with Crippen molar-refractivity contribution in [3.63, 3.8) is 0 Å². The van der Waals surface area contributed by atoms with Gasteiger partial charge in [0.05, 0.1) is 18.8 Å². The molecule has 0 spiro atoms. The van der Waals surface area contributed by atoms with Crippen LogP contribution in [0.25, 0.3) is 11.1 Å². The van der Waals surface area contributed by atoms with E-state index in [2.05, 4.69) is 46.7 Å². The maximum absolute atomic E-state index is 12.8. The van der Waals surface area contributed by atoms with Gasteiger partial charge in [-0.1, -0.05) is 53.7 Å². The van der Waals surface area contributed by atoms with Crippen LogP contribution < -0.4 is 0 Å². The van der Waals surface area contributed by atoms with Crippen molar-refractivity contribution in [2.75, 3.05) is 13.2 Å². The van der Waals surface area contributed by atoms with Crippen molar-refractivity contribution in [2.24, 2.45) is 0 Å². The summed E-state index contributed by atoms with van der Waals surface area (Å²) in [6.07, 6.45) is 5.21. The average molecular weight is 374 g/mol. The van der Waals surface area contributed by atoms with Gasteiger partial charge in [-0.15, -0.1) is 5.10 Å². The number of hydrogen-bond donors (Lipinski definition) is 0. The minimum Gasteiger partial charge on any atom is -0.448 e. The number of carbonyl (C=O) groups excluding carboxylic acids is 1. The first-order valence-electron chi connectivity index (χ1n) is 9.77. The van der Waals surface area contributed by atoms with Crippen molar-refractivity contribution in [1.82, 2.24) is 19.9 Å². The van der Waals surface area contributed by atoms with Crippen LogP contribution in [0.1, 0.15) is 29.9 Å². The van der Waals surface area contributed by atoms with E-state index >= 15 is 0 Å². The summed E-state index contributed by atoms with van der Waals surface area (Å²) in [5.74, 6) is 0.0905. The highest BCUT2D eigenvalue weighted by atomic mass is 16.6. The molecule has 2 heterocycles. The molecular formula is C22H22N4O2. The van der Waals surface area contributed by atoms with Gasteiger partial charge < -0.3 is 9.64 Å². The Labute approximate surface area is 163 Å². The lowest BCUT2D eigenvalue weighted by molar-refractivity contribution is 0.0922. The van der Waals surface area contributed by atoms with Gasteiger partial charge in [-0.3, -0.25) is 4.68 Å². The summed E-state index contributed by atoms with van der Waals surface area (Å²) in [7, 11) is 0. The van der Waals surface area contributed by atoms with E-state index in [-0.39, 0.29) is 18.1 Å². The number of nitrogens with zero attached hydrogens (tertiary/aromatic N) is 4. The number of rotatable bonds is 4. The first-order valence-corrected chi connectivity index (χ1v) is 9.77. The lowest BCUT2D eigenvalue weighted by Gasteiger charge is -2.25. The Morgan fingerprint density at radius 1 is 1.07 bits per heavy atom. The maximum atomic E-state index is 12.8. The molecule has 1 fully saturated rings. The number of amides is 1. The van der Waals surface area contributed by atoms with E-state index in [4.69, 9.17) is 4.74 Å². The Balaban J connectivity index is 1.30. The Morgan fingerprint density at radius 2 is 1.79 bits per heavy atom. The van der Waals surface area contributed by atoms with E-state index in [9.17, 15) is 4.79 Å². The van der Waals surface area contributed by atoms with Crippen LogP contribution in [-0.2, 0) is 11.3 Å². The zero-order valence-corrected chi connectivity index (χ0v) is 15.6. The van der Waals surface area contributed by atoms with Crippen LogP contribution in [0, 0.1) is 0 Å². The summed E-state index contributed by atoms with van der Waals surface area (Å²) in [6, 6.07) is 16.9. The highest BCUT2D eigenvalue weighted by Crippen LogP contribution is 2.44. The summed E-state index contributed by atoms with van der Waals surface area (Å²) in [5.41, 5.74) is 4.95. The molecule has 3 aromatic rings. The average Bonchev–Trinajstić information content (AvgIpc) is 3.46. The van der Waals surface area contributed by atoms with Crippen LogP contribution in [0.3, 0.4) is 0 Å². The van der Waals surface area contributed by atoms with Crippen molar-refractivity contribution >= 4 is 6.09 Å². The number of likely N-dealkylation sites (tertiary alicyclic amines) is 1. The molecule has 0 saturated carbocycles. The second-order valence-electron chi connectivity index (χ2n) is 7.42. The van der Waals surface area contributed by atoms with Crippen LogP contribution in [-0.4, -0.2) is 45.2 Å². The predicted octanol–water partition coefficient (Wildman–Crippen LogP) is 3.69. The Morgan fingerprint density at radius 3 is 2.46 bits per heavy atom. The fraction of sp³-hybridized carbons (Fsp3) is 0.318. The van der Waals surface area contributed by atoms with Crippen LogP contribution in [0.5, 0.6) is 0 Å².